The van der Waals surface area contributed by atoms with E-state index in [0.717, 1.165) is 24.8 Å². The monoisotopic (exact) mass is 389 g/mol. The molecule has 1 atom stereocenters. The van der Waals surface area contributed by atoms with E-state index >= 15 is 0 Å². The highest BCUT2D eigenvalue weighted by Gasteiger charge is 2.40. The Labute approximate surface area is 165 Å². The largest absolute Gasteiger partial charge is 0.475 e. The van der Waals surface area contributed by atoms with Gasteiger partial charge < -0.3 is 9.64 Å². The van der Waals surface area contributed by atoms with E-state index in [9.17, 15) is 9.18 Å². The maximum atomic E-state index is 14.1. The third-order valence-electron chi connectivity index (χ3n) is 5.06. The Kier molecular flexibility index (Phi) is 5.75. The van der Waals surface area contributed by atoms with Crippen molar-refractivity contribution in [3.63, 3.8) is 0 Å². The van der Waals surface area contributed by atoms with Gasteiger partial charge in [0.2, 0.25) is 0 Å². The first-order chi connectivity index (χ1) is 12.8. The molecular formula is C22H25ClFNO2. The lowest BCUT2D eigenvalue weighted by atomic mass is 10.00. The van der Waals surface area contributed by atoms with Crippen LogP contribution in [0, 0.1) is 5.82 Å². The number of nitrogens with zero attached hydrogens (tertiary/aromatic N) is 1. The SMILES string of the molecule is CCc1ccc(C2CCCN2C(=O)C(C)(C)Oc2ccc(Cl)cc2F)cc1. The number of rotatable bonds is 5. The van der Waals surface area contributed by atoms with Crippen LogP contribution in [-0.4, -0.2) is 23.0 Å². The zero-order chi connectivity index (χ0) is 19.6. The van der Waals surface area contributed by atoms with Crippen molar-refractivity contribution in [2.24, 2.45) is 0 Å². The van der Waals surface area contributed by atoms with Gasteiger partial charge in [-0.25, -0.2) is 4.39 Å². The van der Waals surface area contributed by atoms with Crippen LogP contribution in [0.1, 0.15) is 50.8 Å². The maximum Gasteiger partial charge on any atom is 0.266 e. The molecule has 2 aromatic rings. The summed E-state index contributed by atoms with van der Waals surface area (Å²) in [7, 11) is 0. The first-order valence-corrected chi connectivity index (χ1v) is 9.73. The highest BCUT2D eigenvalue weighted by molar-refractivity contribution is 6.30. The molecule has 0 spiro atoms. The zero-order valence-corrected chi connectivity index (χ0v) is 16.7. The molecule has 0 aliphatic carbocycles. The van der Waals surface area contributed by atoms with Crippen molar-refractivity contribution in [2.45, 2.75) is 51.7 Å². The van der Waals surface area contributed by atoms with Gasteiger partial charge in [-0.2, -0.15) is 0 Å². The predicted molar refractivity (Wildman–Crippen MR) is 106 cm³/mol. The molecule has 1 aliphatic heterocycles. The van der Waals surface area contributed by atoms with Gasteiger partial charge in [0.25, 0.3) is 5.91 Å². The van der Waals surface area contributed by atoms with E-state index < -0.39 is 11.4 Å². The maximum absolute atomic E-state index is 14.1. The molecule has 3 rings (SSSR count). The zero-order valence-electron chi connectivity index (χ0n) is 16.0. The Morgan fingerprint density at radius 2 is 1.96 bits per heavy atom. The normalized spacial score (nSPS) is 17.2. The average Bonchev–Trinajstić information content (AvgIpc) is 3.13. The number of aryl methyl sites for hydroxylation is 1. The van der Waals surface area contributed by atoms with Crippen LogP contribution < -0.4 is 4.74 Å². The molecule has 2 aromatic carbocycles. The van der Waals surface area contributed by atoms with Gasteiger partial charge in [-0.1, -0.05) is 42.8 Å². The molecule has 5 heteroatoms. The summed E-state index contributed by atoms with van der Waals surface area (Å²) >= 11 is 5.79. The molecule has 0 bridgehead atoms. The summed E-state index contributed by atoms with van der Waals surface area (Å²) in [6, 6.07) is 12.6. The summed E-state index contributed by atoms with van der Waals surface area (Å²) in [6.45, 7) is 6.16. The standard InChI is InChI=1S/C22H25ClFNO2/c1-4-15-7-9-16(10-8-15)19-6-5-13-25(19)21(26)22(2,3)27-20-12-11-17(23)14-18(20)24/h7-12,14,19H,4-6,13H2,1-3H3. The Bertz CT molecular complexity index is 820. The van der Waals surface area contributed by atoms with Crippen molar-refractivity contribution in [2.75, 3.05) is 6.54 Å². The van der Waals surface area contributed by atoms with Gasteiger partial charge >= 0.3 is 0 Å². The Balaban J connectivity index is 1.79. The number of carbonyl (C=O) groups excluding carboxylic acids is 1. The third kappa shape index (κ3) is 4.27. The van der Waals surface area contributed by atoms with E-state index in [-0.39, 0.29) is 17.7 Å². The number of hydrogen-bond donors (Lipinski definition) is 0. The second-order valence-electron chi connectivity index (χ2n) is 7.44. The summed E-state index contributed by atoms with van der Waals surface area (Å²) < 4.78 is 19.9. The number of amides is 1. The van der Waals surface area contributed by atoms with Gasteiger partial charge in [-0.05, 0) is 62.4 Å². The fourth-order valence-corrected chi connectivity index (χ4v) is 3.71. The molecule has 0 N–H and O–H groups in total. The van der Waals surface area contributed by atoms with Crippen LogP contribution in [-0.2, 0) is 11.2 Å². The summed E-state index contributed by atoms with van der Waals surface area (Å²) in [4.78, 5) is 15.1. The summed E-state index contributed by atoms with van der Waals surface area (Å²) in [5.41, 5.74) is 1.23. The van der Waals surface area contributed by atoms with Gasteiger partial charge in [-0.3, -0.25) is 4.79 Å². The first kappa shape index (κ1) is 19.7. The number of hydrogen-bond acceptors (Lipinski definition) is 2. The summed E-state index contributed by atoms with van der Waals surface area (Å²) in [6.07, 6.45) is 2.85. The molecule has 0 radical (unpaired) electrons. The van der Waals surface area contributed by atoms with Crippen LogP contribution in [0.3, 0.4) is 0 Å². The molecule has 3 nitrogen and oxygen atoms in total. The van der Waals surface area contributed by atoms with Crippen LogP contribution in [0.25, 0.3) is 0 Å². The highest BCUT2D eigenvalue weighted by atomic mass is 35.5. The predicted octanol–water partition coefficient (Wildman–Crippen LogP) is 5.56. The van der Waals surface area contributed by atoms with Crippen molar-refractivity contribution in [3.05, 3.63) is 64.4 Å². The van der Waals surface area contributed by atoms with Crippen molar-refractivity contribution in [3.8, 4) is 5.75 Å². The van der Waals surface area contributed by atoms with E-state index in [2.05, 4.69) is 31.2 Å². The van der Waals surface area contributed by atoms with Crippen LogP contribution in [0.4, 0.5) is 4.39 Å². The van der Waals surface area contributed by atoms with Crippen LogP contribution >= 0.6 is 11.6 Å². The lowest BCUT2D eigenvalue weighted by Crippen LogP contribution is -2.48. The molecule has 144 valence electrons. The van der Waals surface area contributed by atoms with E-state index in [0.29, 0.717) is 11.6 Å². The number of likely N-dealkylation sites (tertiary alicyclic amines) is 1. The molecule has 27 heavy (non-hydrogen) atoms. The number of benzene rings is 2. The van der Waals surface area contributed by atoms with Crippen molar-refractivity contribution < 1.29 is 13.9 Å². The van der Waals surface area contributed by atoms with Crippen LogP contribution in [0.2, 0.25) is 5.02 Å². The molecule has 0 saturated carbocycles. The van der Waals surface area contributed by atoms with Gasteiger partial charge in [0.05, 0.1) is 6.04 Å². The van der Waals surface area contributed by atoms with E-state index in [4.69, 9.17) is 16.3 Å². The van der Waals surface area contributed by atoms with Gasteiger partial charge in [-0.15, -0.1) is 0 Å². The van der Waals surface area contributed by atoms with Gasteiger partial charge in [0.1, 0.15) is 0 Å². The summed E-state index contributed by atoms with van der Waals surface area (Å²) in [5, 5.41) is 0.291. The fraction of sp³-hybridized carbons (Fsp3) is 0.409. The number of ether oxygens (including phenoxy) is 1. The van der Waals surface area contributed by atoms with E-state index in [1.165, 1.54) is 17.7 Å². The van der Waals surface area contributed by atoms with Gasteiger partial charge in [0.15, 0.2) is 17.2 Å². The highest BCUT2D eigenvalue weighted by Crippen LogP contribution is 2.35. The van der Waals surface area contributed by atoms with Crippen molar-refractivity contribution in [1.82, 2.24) is 4.90 Å². The quantitative estimate of drug-likeness (QED) is 0.669. The molecule has 1 heterocycles. The van der Waals surface area contributed by atoms with Crippen LogP contribution in [0.15, 0.2) is 42.5 Å². The second kappa shape index (κ2) is 7.89. The average molecular weight is 390 g/mol. The fourth-order valence-electron chi connectivity index (χ4n) is 3.55. The molecule has 1 fully saturated rings. The molecule has 0 aromatic heterocycles. The number of halogens is 2. The lowest BCUT2D eigenvalue weighted by Gasteiger charge is -2.33. The number of carbonyl (C=O) groups is 1. The van der Waals surface area contributed by atoms with Crippen LogP contribution in [0.5, 0.6) is 5.75 Å². The lowest BCUT2D eigenvalue weighted by molar-refractivity contribution is -0.146. The first-order valence-electron chi connectivity index (χ1n) is 9.36. The topological polar surface area (TPSA) is 29.5 Å². The van der Waals surface area contributed by atoms with Gasteiger partial charge in [0, 0.05) is 11.6 Å². The van der Waals surface area contributed by atoms with Crippen molar-refractivity contribution >= 4 is 17.5 Å². The minimum absolute atomic E-state index is 0.0285. The summed E-state index contributed by atoms with van der Waals surface area (Å²) in [5.74, 6) is -0.684. The molecule has 1 unspecified atom stereocenters. The minimum Gasteiger partial charge on any atom is -0.475 e. The molecule has 1 amide bonds. The third-order valence-corrected chi connectivity index (χ3v) is 5.30. The second-order valence-corrected chi connectivity index (χ2v) is 7.88. The molecule has 1 saturated heterocycles. The van der Waals surface area contributed by atoms with Crippen molar-refractivity contribution in [1.29, 1.82) is 0 Å². The molecule has 1 aliphatic rings. The Morgan fingerprint density at radius 3 is 2.59 bits per heavy atom. The van der Waals surface area contributed by atoms with E-state index in [1.54, 1.807) is 19.9 Å². The van der Waals surface area contributed by atoms with E-state index in [1.807, 2.05) is 4.90 Å². The Morgan fingerprint density at radius 1 is 1.26 bits per heavy atom. The molecular weight excluding hydrogens is 365 g/mol. The smallest absolute Gasteiger partial charge is 0.266 e. The minimum atomic E-state index is -1.18. The Hall–Kier alpha value is -2.07.